The highest BCUT2D eigenvalue weighted by molar-refractivity contribution is 5.33. The maximum atomic E-state index is 5.69. The highest BCUT2D eigenvalue weighted by Gasteiger charge is 2.01. The van der Waals surface area contributed by atoms with Crippen LogP contribution in [0.3, 0.4) is 0 Å². The summed E-state index contributed by atoms with van der Waals surface area (Å²) in [5.41, 5.74) is 7.99. The number of benzene rings is 2. The lowest BCUT2D eigenvalue weighted by atomic mass is 10.2. The molecule has 3 heteroatoms. The molecule has 0 radical (unpaired) electrons. The predicted octanol–water partition coefficient (Wildman–Crippen LogP) is 3.17. The second-order valence-corrected chi connectivity index (χ2v) is 4.51. The summed E-state index contributed by atoms with van der Waals surface area (Å²) >= 11 is 0. The summed E-state index contributed by atoms with van der Waals surface area (Å²) in [4.78, 5) is 0. The second kappa shape index (κ2) is 7.56. The number of ether oxygens (including phenoxy) is 2. The van der Waals surface area contributed by atoms with Gasteiger partial charge < -0.3 is 15.2 Å². The molecule has 0 aliphatic heterocycles. The van der Waals surface area contributed by atoms with Crippen LogP contribution in [0.5, 0.6) is 11.5 Å². The summed E-state index contributed by atoms with van der Waals surface area (Å²) in [6.07, 6.45) is 1.04. The molecule has 0 atom stereocenters. The first kappa shape index (κ1) is 14.4. The van der Waals surface area contributed by atoms with E-state index in [1.165, 1.54) is 5.56 Å². The lowest BCUT2D eigenvalue weighted by Crippen LogP contribution is -2.10. The highest BCUT2D eigenvalue weighted by Crippen LogP contribution is 2.17. The van der Waals surface area contributed by atoms with E-state index in [1.54, 1.807) is 0 Å². The Hall–Kier alpha value is -2.00. The number of rotatable bonds is 7. The maximum absolute atomic E-state index is 5.69. The van der Waals surface area contributed by atoms with Crippen molar-refractivity contribution in [3.8, 4) is 11.5 Å². The van der Waals surface area contributed by atoms with Gasteiger partial charge in [-0.05, 0) is 30.2 Å². The van der Waals surface area contributed by atoms with E-state index in [2.05, 4.69) is 19.1 Å². The van der Waals surface area contributed by atoms with Crippen molar-refractivity contribution in [3.05, 3.63) is 59.7 Å². The molecule has 0 heterocycles. The van der Waals surface area contributed by atoms with Crippen LogP contribution >= 0.6 is 0 Å². The van der Waals surface area contributed by atoms with Gasteiger partial charge in [0.25, 0.3) is 0 Å². The molecule has 3 nitrogen and oxygen atoms in total. The molecule has 2 rings (SSSR count). The predicted molar refractivity (Wildman–Crippen MR) is 81.1 cm³/mol. The zero-order valence-corrected chi connectivity index (χ0v) is 11.8. The molecule has 0 aliphatic rings. The zero-order valence-electron chi connectivity index (χ0n) is 11.8. The summed E-state index contributed by atoms with van der Waals surface area (Å²) in [6.45, 7) is 3.64. The second-order valence-electron chi connectivity index (χ2n) is 4.51. The fourth-order valence-corrected chi connectivity index (χ4v) is 1.95. The van der Waals surface area contributed by atoms with Crippen LogP contribution in [0, 0.1) is 0 Å². The van der Waals surface area contributed by atoms with E-state index in [-0.39, 0.29) is 0 Å². The Balaban J connectivity index is 1.78. The number of aryl methyl sites for hydroxylation is 1. The largest absolute Gasteiger partial charge is 0.490 e. The third kappa shape index (κ3) is 4.00. The summed E-state index contributed by atoms with van der Waals surface area (Å²) < 4.78 is 11.3. The standard InChI is InChI=1S/C17H21NO2/c1-2-14-7-9-16(10-8-14)19-11-12-20-17-6-4-3-5-15(17)13-18/h3-10H,2,11-13,18H2,1H3. The molecule has 2 N–H and O–H groups in total. The van der Waals surface area contributed by atoms with E-state index in [0.717, 1.165) is 23.5 Å². The van der Waals surface area contributed by atoms with E-state index < -0.39 is 0 Å². The lowest BCUT2D eigenvalue weighted by molar-refractivity contribution is 0.216. The molecule has 0 unspecified atom stereocenters. The normalized spacial score (nSPS) is 10.3. The molecule has 2 aromatic rings. The van der Waals surface area contributed by atoms with Crippen LogP contribution in [-0.4, -0.2) is 13.2 Å². The summed E-state index contributed by atoms with van der Waals surface area (Å²) in [7, 11) is 0. The van der Waals surface area contributed by atoms with Gasteiger partial charge in [0.15, 0.2) is 0 Å². The molecule has 0 spiro atoms. The summed E-state index contributed by atoms with van der Waals surface area (Å²) in [5, 5.41) is 0. The van der Waals surface area contributed by atoms with Gasteiger partial charge in [0, 0.05) is 12.1 Å². The van der Waals surface area contributed by atoms with E-state index in [1.807, 2.05) is 36.4 Å². The van der Waals surface area contributed by atoms with E-state index in [0.29, 0.717) is 19.8 Å². The number of hydrogen-bond acceptors (Lipinski definition) is 3. The van der Waals surface area contributed by atoms with Gasteiger partial charge in [-0.2, -0.15) is 0 Å². The van der Waals surface area contributed by atoms with Crippen LogP contribution in [0.4, 0.5) is 0 Å². The average Bonchev–Trinajstić information content (AvgIpc) is 2.52. The summed E-state index contributed by atoms with van der Waals surface area (Å²) in [6, 6.07) is 16.0. The zero-order chi connectivity index (χ0) is 14.2. The molecule has 20 heavy (non-hydrogen) atoms. The van der Waals surface area contributed by atoms with E-state index >= 15 is 0 Å². The lowest BCUT2D eigenvalue weighted by Gasteiger charge is -2.11. The van der Waals surface area contributed by atoms with Crippen LogP contribution in [0.15, 0.2) is 48.5 Å². The fourth-order valence-electron chi connectivity index (χ4n) is 1.95. The van der Waals surface area contributed by atoms with Crippen molar-refractivity contribution in [1.82, 2.24) is 0 Å². The van der Waals surface area contributed by atoms with Crippen LogP contribution in [0.2, 0.25) is 0 Å². The molecule has 0 fully saturated rings. The smallest absolute Gasteiger partial charge is 0.123 e. The van der Waals surface area contributed by atoms with Crippen LogP contribution in [-0.2, 0) is 13.0 Å². The van der Waals surface area contributed by atoms with Gasteiger partial charge in [-0.25, -0.2) is 0 Å². The monoisotopic (exact) mass is 271 g/mol. The molecular weight excluding hydrogens is 250 g/mol. The SMILES string of the molecule is CCc1ccc(OCCOc2ccccc2CN)cc1. The topological polar surface area (TPSA) is 44.5 Å². The number of hydrogen-bond donors (Lipinski definition) is 1. The quantitative estimate of drug-likeness (QED) is 0.787. The van der Waals surface area contributed by atoms with Gasteiger partial charge in [-0.3, -0.25) is 0 Å². The van der Waals surface area contributed by atoms with Crippen LogP contribution in [0.1, 0.15) is 18.1 Å². The Labute approximate surface area is 120 Å². The van der Waals surface area contributed by atoms with Crippen molar-refractivity contribution >= 4 is 0 Å². The van der Waals surface area contributed by atoms with Crippen LogP contribution < -0.4 is 15.2 Å². The number of nitrogens with two attached hydrogens (primary N) is 1. The Morgan fingerprint density at radius 1 is 0.900 bits per heavy atom. The minimum Gasteiger partial charge on any atom is -0.490 e. The molecular formula is C17H21NO2. The van der Waals surface area contributed by atoms with E-state index in [9.17, 15) is 0 Å². The first-order chi connectivity index (χ1) is 9.83. The Morgan fingerprint density at radius 2 is 1.60 bits per heavy atom. The molecule has 2 aromatic carbocycles. The van der Waals surface area contributed by atoms with Gasteiger partial charge in [-0.15, -0.1) is 0 Å². The van der Waals surface area contributed by atoms with Crippen LogP contribution in [0.25, 0.3) is 0 Å². The highest BCUT2D eigenvalue weighted by atomic mass is 16.5. The fraction of sp³-hybridized carbons (Fsp3) is 0.294. The van der Waals surface area contributed by atoms with Crippen molar-refractivity contribution in [2.75, 3.05) is 13.2 Å². The van der Waals surface area contributed by atoms with Gasteiger partial charge in [-0.1, -0.05) is 37.3 Å². The van der Waals surface area contributed by atoms with E-state index in [4.69, 9.17) is 15.2 Å². The van der Waals surface area contributed by atoms with Gasteiger partial charge in [0.05, 0.1) is 0 Å². The summed E-state index contributed by atoms with van der Waals surface area (Å²) in [5.74, 6) is 1.71. The average molecular weight is 271 g/mol. The van der Waals surface area contributed by atoms with Crippen molar-refractivity contribution in [1.29, 1.82) is 0 Å². The van der Waals surface area contributed by atoms with Crippen molar-refractivity contribution in [3.63, 3.8) is 0 Å². The number of para-hydroxylation sites is 1. The van der Waals surface area contributed by atoms with Crippen molar-refractivity contribution in [2.45, 2.75) is 19.9 Å². The van der Waals surface area contributed by atoms with Crippen molar-refractivity contribution in [2.24, 2.45) is 5.73 Å². The maximum Gasteiger partial charge on any atom is 0.123 e. The van der Waals surface area contributed by atoms with Gasteiger partial charge in [0.1, 0.15) is 24.7 Å². The Kier molecular flexibility index (Phi) is 5.44. The minimum absolute atomic E-state index is 0.482. The minimum atomic E-state index is 0.482. The molecule has 0 aromatic heterocycles. The Morgan fingerprint density at radius 3 is 2.30 bits per heavy atom. The first-order valence-corrected chi connectivity index (χ1v) is 6.96. The molecule has 0 saturated carbocycles. The molecule has 0 aliphatic carbocycles. The van der Waals surface area contributed by atoms with Gasteiger partial charge in [0.2, 0.25) is 0 Å². The third-order valence-electron chi connectivity index (χ3n) is 3.13. The molecule has 106 valence electrons. The molecule has 0 amide bonds. The molecule has 0 bridgehead atoms. The first-order valence-electron chi connectivity index (χ1n) is 6.96. The Bertz CT molecular complexity index is 523. The van der Waals surface area contributed by atoms with Gasteiger partial charge >= 0.3 is 0 Å². The molecule has 0 saturated heterocycles. The van der Waals surface area contributed by atoms with Crippen molar-refractivity contribution < 1.29 is 9.47 Å². The third-order valence-corrected chi connectivity index (χ3v) is 3.13.